The average Bonchev–Trinajstić information content (AvgIpc) is 3.31. The number of hydrogen-bond donors (Lipinski definition) is 1. The van der Waals surface area contributed by atoms with Crippen molar-refractivity contribution in [3.8, 4) is 23.2 Å². The summed E-state index contributed by atoms with van der Waals surface area (Å²) in [5, 5.41) is 12.7. The van der Waals surface area contributed by atoms with E-state index in [1.165, 1.54) is 5.56 Å². The number of para-hydroxylation sites is 1. The number of benzene rings is 3. The minimum Gasteiger partial charge on any atom is -0.413 e. The molecule has 0 aliphatic carbocycles. The second kappa shape index (κ2) is 8.13. The van der Waals surface area contributed by atoms with Gasteiger partial charge in [-0.15, -0.1) is 10.2 Å². The first-order valence-corrected chi connectivity index (χ1v) is 9.81. The molecule has 0 amide bonds. The number of anilines is 1. The van der Waals surface area contributed by atoms with Crippen LogP contribution in [-0.4, -0.2) is 26.7 Å². The Kier molecular flexibility index (Phi) is 4.88. The summed E-state index contributed by atoms with van der Waals surface area (Å²) < 4.78 is 5.86. The van der Waals surface area contributed by atoms with Gasteiger partial charge in [-0.05, 0) is 36.2 Å². The van der Waals surface area contributed by atoms with Crippen LogP contribution in [-0.2, 0) is 6.42 Å². The first-order chi connectivity index (χ1) is 14.9. The highest BCUT2D eigenvalue weighted by Gasteiger charge is 2.16. The summed E-state index contributed by atoms with van der Waals surface area (Å²) in [6.07, 6.45) is 0.896. The zero-order chi connectivity index (χ0) is 20.2. The molecule has 3 aromatic carbocycles. The van der Waals surface area contributed by atoms with Gasteiger partial charge in [0.05, 0.1) is 5.52 Å². The maximum atomic E-state index is 5.86. The van der Waals surface area contributed by atoms with Gasteiger partial charge in [0.1, 0.15) is 5.82 Å². The Labute approximate surface area is 173 Å². The lowest BCUT2D eigenvalue weighted by Gasteiger charge is -2.10. The number of aromatic nitrogens is 4. The number of fused-ring (bicyclic) bond motifs is 1. The molecule has 0 saturated heterocycles. The van der Waals surface area contributed by atoms with Crippen LogP contribution in [0.15, 0.2) is 89.3 Å². The second-order valence-corrected chi connectivity index (χ2v) is 6.85. The highest BCUT2D eigenvalue weighted by atomic mass is 16.4. The molecule has 5 rings (SSSR count). The van der Waals surface area contributed by atoms with Crippen LogP contribution in [0.1, 0.15) is 5.56 Å². The van der Waals surface area contributed by atoms with Crippen molar-refractivity contribution in [1.29, 1.82) is 0 Å². The zero-order valence-corrected chi connectivity index (χ0v) is 16.2. The summed E-state index contributed by atoms with van der Waals surface area (Å²) in [4.78, 5) is 9.32. The van der Waals surface area contributed by atoms with Crippen molar-refractivity contribution < 1.29 is 4.42 Å². The van der Waals surface area contributed by atoms with E-state index in [2.05, 4.69) is 32.6 Å². The van der Waals surface area contributed by atoms with Gasteiger partial charge in [-0.3, -0.25) is 0 Å². The largest absolute Gasteiger partial charge is 0.413 e. The van der Waals surface area contributed by atoms with E-state index in [0.717, 1.165) is 35.2 Å². The molecule has 30 heavy (non-hydrogen) atoms. The Morgan fingerprint density at radius 3 is 2.23 bits per heavy atom. The van der Waals surface area contributed by atoms with Crippen molar-refractivity contribution in [1.82, 2.24) is 20.2 Å². The second-order valence-electron chi connectivity index (χ2n) is 6.85. The van der Waals surface area contributed by atoms with Gasteiger partial charge in [0, 0.05) is 17.5 Å². The summed E-state index contributed by atoms with van der Waals surface area (Å²) in [7, 11) is 0. The van der Waals surface area contributed by atoms with Crippen molar-refractivity contribution in [2.75, 3.05) is 11.9 Å². The Hall–Kier alpha value is -4.06. The minimum absolute atomic E-state index is 0.297. The van der Waals surface area contributed by atoms with E-state index in [0.29, 0.717) is 17.6 Å². The number of rotatable bonds is 6. The van der Waals surface area contributed by atoms with Crippen molar-refractivity contribution in [3.63, 3.8) is 0 Å². The summed E-state index contributed by atoms with van der Waals surface area (Å²) in [5.41, 5.74) is 2.95. The SMILES string of the molecule is c1ccc(CCNc2nc(-c3nnc(-c4ccccc4)o3)nc3ccccc23)cc1. The van der Waals surface area contributed by atoms with Crippen molar-refractivity contribution >= 4 is 16.7 Å². The molecule has 5 aromatic rings. The van der Waals surface area contributed by atoms with Crippen LogP contribution >= 0.6 is 0 Å². The molecule has 0 bridgehead atoms. The minimum atomic E-state index is 0.297. The molecular formula is C24H19N5O. The molecule has 0 spiro atoms. The van der Waals surface area contributed by atoms with Gasteiger partial charge in [0.2, 0.25) is 11.7 Å². The summed E-state index contributed by atoms with van der Waals surface area (Å²) in [5.74, 6) is 1.91. The summed E-state index contributed by atoms with van der Waals surface area (Å²) >= 11 is 0. The van der Waals surface area contributed by atoms with E-state index in [4.69, 9.17) is 9.40 Å². The van der Waals surface area contributed by atoms with Gasteiger partial charge in [-0.25, -0.2) is 9.97 Å². The highest BCUT2D eigenvalue weighted by molar-refractivity contribution is 5.90. The van der Waals surface area contributed by atoms with Crippen LogP contribution < -0.4 is 5.32 Å². The van der Waals surface area contributed by atoms with E-state index in [1.807, 2.05) is 72.8 Å². The third-order valence-electron chi connectivity index (χ3n) is 4.79. The molecular weight excluding hydrogens is 374 g/mol. The predicted molar refractivity (Wildman–Crippen MR) is 117 cm³/mol. The average molecular weight is 393 g/mol. The highest BCUT2D eigenvalue weighted by Crippen LogP contribution is 2.26. The van der Waals surface area contributed by atoms with E-state index in [1.54, 1.807) is 0 Å². The van der Waals surface area contributed by atoms with E-state index >= 15 is 0 Å². The van der Waals surface area contributed by atoms with Gasteiger partial charge < -0.3 is 9.73 Å². The molecule has 0 atom stereocenters. The molecule has 2 aromatic heterocycles. The Bertz CT molecular complexity index is 1270. The number of nitrogens with one attached hydrogen (secondary N) is 1. The molecule has 0 aliphatic rings. The molecule has 6 nitrogen and oxygen atoms in total. The molecule has 0 saturated carbocycles. The van der Waals surface area contributed by atoms with E-state index in [-0.39, 0.29) is 0 Å². The summed E-state index contributed by atoms with van der Waals surface area (Å²) in [6, 6.07) is 27.9. The lowest BCUT2D eigenvalue weighted by molar-refractivity contribution is 0.579. The zero-order valence-electron chi connectivity index (χ0n) is 16.2. The van der Waals surface area contributed by atoms with Crippen LogP contribution in [0.5, 0.6) is 0 Å². The maximum Gasteiger partial charge on any atom is 0.286 e. The van der Waals surface area contributed by atoms with Crippen LogP contribution in [0.25, 0.3) is 34.1 Å². The molecule has 0 radical (unpaired) electrons. The molecule has 0 aliphatic heterocycles. The monoisotopic (exact) mass is 393 g/mol. The van der Waals surface area contributed by atoms with Crippen molar-refractivity contribution in [2.45, 2.75) is 6.42 Å². The van der Waals surface area contributed by atoms with Crippen LogP contribution in [0.2, 0.25) is 0 Å². The normalized spacial score (nSPS) is 10.9. The smallest absolute Gasteiger partial charge is 0.286 e. The number of nitrogens with zero attached hydrogens (tertiary/aromatic N) is 4. The third-order valence-corrected chi connectivity index (χ3v) is 4.79. The fourth-order valence-corrected chi connectivity index (χ4v) is 3.29. The Morgan fingerprint density at radius 1 is 0.700 bits per heavy atom. The predicted octanol–water partition coefficient (Wildman–Crippen LogP) is 5.00. The first kappa shape index (κ1) is 18.0. The summed E-state index contributed by atoms with van der Waals surface area (Å²) in [6.45, 7) is 0.754. The van der Waals surface area contributed by atoms with Gasteiger partial charge in [-0.2, -0.15) is 0 Å². The molecule has 1 N–H and O–H groups in total. The Balaban J connectivity index is 1.45. The standard InChI is InChI=1S/C24H19N5O/c1-3-9-17(10-4-1)15-16-25-21-19-13-7-8-14-20(19)26-22(27-21)24-29-28-23(30-24)18-11-5-2-6-12-18/h1-14H,15-16H2,(H,25,26,27). The third kappa shape index (κ3) is 3.75. The molecule has 6 heteroatoms. The van der Waals surface area contributed by atoms with Gasteiger partial charge >= 0.3 is 0 Å². The fourth-order valence-electron chi connectivity index (χ4n) is 3.29. The van der Waals surface area contributed by atoms with Crippen LogP contribution in [0.4, 0.5) is 5.82 Å². The fraction of sp³-hybridized carbons (Fsp3) is 0.0833. The van der Waals surface area contributed by atoms with Gasteiger partial charge in [-0.1, -0.05) is 60.7 Å². The van der Waals surface area contributed by atoms with Crippen LogP contribution in [0.3, 0.4) is 0 Å². The quantitative estimate of drug-likeness (QED) is 0.437. The van der Waals surface area contributed by atoms with E-state index in [9.17, 15) is 0 Å². The van der Waals surface area contributed by atoms with Gasteiger partial charge in [0.15, 0.2) is 0 Å². The molecule has 2 heterocycles. The van der Waals surface area contributed by atoms with Crippen molar-refractivity contribution in [3.05, 3.63) is 90.5 Å². The molecule has 0 unspecified atom stereocenters. The topological polar surface area (TPSA) is 76.7 Å². The van der Waals surface area contributed by atoms with Crippen LogP contribution in [0, 0.1) is 0 Å². The lowest BCUT2D eigenvalue weighted by atomic mass is 10.1. The Morgan fingerprint density at radius 2 is 1.40 bits per heavy atom. The maximum absolute atomic E-state index is 5.86. The lowest BCUT2D eigenvalue weighted by Crippen LogP contribution is -2.08. The molecule has 146 valence electrons. The van der Waals surface area contributed by atoms with Gasteiger partial charge in [0.25, 0.3) is 5.89 Å². The van der Waals surface area contributed by atoms with Crippen molar-refractivity contribution in [2.24, 2.45) is 0 Å². The number of hydrogen-bond acceptors (Lipinski definition) is 6. The van der Waals surface area contributed by atoms with E-state index < -0.39 is 0 Å². The molecule has 0 fully saturated rings. The first-order valence-electron chi connectivity index (χ1n) is 9.81.